The van der Waals surface area contributed by atoms with Crippen LogP contribution in [0.25, 0.3) is 11.1 Å². The number of aldehydes is 1. The predicted octanol–water partition coefficient (Wildman–Crippen LogP) is 5.96. The van der Waals surface area contributed by atoms with Crippen LogP contribution in [0.1, 0.15) is 46.0 Å². The van der Waals surface area contributed by atoms with Gasteiger partial charge in [0.15, 0.2) is 6.29 Å². The first-order chi connectivity index (χ1) is 18.8. The molecule has 0 aromatic heterocycles. The van der Waals surface area contributed by atoms with Crippen molar-refractivity contribution in [1.82, 2.24) is 5.32 Å². The molecular formula is C32H27F2NO4. The molecule has 2 N–H and O–H groups in total. The van der Waals surface area contributed by atoms with Gasteiger partial charge in [-0.15, -0.1) is 0 Å². The summed E-state index contributed by atoms with van der Waals surface area (Å²) >= 11 is 0. The maximum Gasteiger partial charge on any atom is 0.227 e. The highest BCUT2D eigenvalue weighted by atomic mass is 19.1. The average molecular weight is 528 g/mol. The molecule has 0 bridgehead atoms. The molecule has 5 nitrogen and oxygen atoms in total. The first kappa shape index (κ1) is 26.3. The quantitative estimate of drug-likeness (QED) is 0.208. The third kappa shape index (κ3) is 4.93. The zero-order chi connectivity index (χ0) is 27.6. The number of nitrogens with one attached hydrogen (secondary N) is 1. The summed E-state index contributed by atoms with van der Waals surface area (Å²) in [6.45, 7) is 0. The fraction of sp³-hybridized carbons (Fsp3) is 0.188. The van der Waals surface area contributed by atoms with Gasteiger partial charge in [-0.05, 0) is 83.1 Å². The SMILES string of the molecule is COc1ccc(C=O)c(-c2ccc([C@@]3(c4ccc(F)cc4)NC(=O)[C@@H]3CC[C@H](O)c3ccc(F)cc3)cc2)c1. The van der Waals surface area contributed by atoms with E-state index in [1.165, 1.54) is 36.4 Å². The summed E-state index contributed by atoms with van der Waals surface area (Å²) in [5.41, 5.74) is 3.15. The normalized spacial score (nSPS) is 19.1. The van der Waals surface area contributed by atoms with Crippen LogP contribution in [0.15, 0.2) is 91.0 Å². The molecule has 0 saturated carbocycles. The molecule has 4 aromatic rings. The number of amides is 1. The lowest BCUT2D eigenvalue weighted by atomic mass is 9.64. The monoisotopic (exact) mass is 527 g/mol. The van der Waals surface area contributed by atoms with E-state index in [1.807, 2.05) is 24.3 Å². The Bertz CT molecular complexity index is 1490. The van der Waals surface area contributed by atoms with Crippen LogP contribution in [-0.2, 0) is 10.3 Å². The van der Waals surface area contributed by atoms with Crippen molar-refractivity contribution >= 4 is 12.2 Å². The fourth-order valence-corrected chi connectivity index (χ4v) is 5.37. The Kier molecular flexibility index (Phi) is 7.26. The summed E-state index contributed by atoms with van der Waals surface area (Å²) in [7, 11) is 1.56. The first-order valence-electron chi connectivity index (χ1n) is 12.6. The summed E-state index contributed by atoms with van der Waals surface area (Å²) in [5, 5.41) is 13.8. The number of aliphatic hydroxyl groups excluding tert-OH is 1. The molecule has 39 heavy (non-hydrogen) atoms. The minimum Gasteiger partial charge on any atom is -0.497 e. The van der Waals surface area contributed by atoms with Crippen molar-refractivity contribution in [1.29, 1.82) is 0 Å². The molecule has 198 valence electrons. The Morgan fingerprint density at radius 1 is 0.923 bits per heavy atom. The van der Waals surface area contributed by atoms with E-state index in [-0.39, 0.29) is 12.3 Å². The highest BCUT2D eigenvalue weighted by Crippen LogP contribution is 2.47. The van der Waals surface area contributed by atoms with Crippen LogP contribution in [0.3, 0.4) is 0 Å². The highest BCUT2D eigenvalue weighted by molar-refractivity contribution is 5.91. The van der Waals surface area contributed by atoms with Crippen LogP contribution in [-0.4, -0.2) is 24.4 Å². The molecule has 0 radical (unpaired) electrons. The summed E-state index contributed by atoms with van der Waals surface area (Å²) in [6, 6.07) is 24.4. The molecule has 1 saturated heterocycles. The Labute approximate surface area is 225 Å². The van der Waals surface area contributed by atoms with Gasteiger partial charge in [0.25, 0.3) is 0 Å². The summed E-state index contributed by atoms with van der Waals surface area (Å²) in [6.07, 6.45) is 0.533. The third-order valence-corrected chi connectivity index (χ3v) is 7.48. The van der Waals surface area contributed by atoms with Gasteiger partial charge in [0.2, 0.25) is 5.91 Å². The lowest BCUT2D eigenvalue weighted by Crippen LogP contribution is -2.67. The molecular weight excluding hydrogens is 500 g/mol. The van der Waals surface area contributed by atoms with Crippen LogP contribution in [0, 0.1) is 17.6 Å². The third-order valence-electron chi connectivity index (χ3n) is 7.48. The number of aliphatic hydroxyl groups is 1. The van der Waals surface area contributed by atoms with E-state index in [0.717, 1.165) is 17.4 Å². The van der Waals surface area contributed by atoms with E-state index in [4.69, 9.17) is 4.74 Å². The van der Waals surface area contributed by atoms with Crippen molar-refractivity contribution in [2.75, 3.05) is 7.11 Å². The lowest BCUT2D eigenvalue weighted by Gasteiger charge is -2.50. The lowest BCUT2D eigenvalue weighted by molar-refractivity contribution is -0.140. The van der Waals surface area contributed by atoms with Gasteiger partial charge in [-0.1, -0.05) is 48.5 Å². The van der Waals surface area contributed by atoms with Crippen molar-refractivity contribution in [3.8, 4) is 16.9 Å². The molecule has 0 spiro atoms. The van der Waals surface area contributed by atoms with Gasteiger partial charge >= 0.3 is 0 Å². The molecule has 0 aliphatic carbocycles. The maximum atomic E-state index is 13.8. The number of hydrogen-bond donors (Lipinski definition) is 2. The zero-order valence-electron chi connectivity index (χ0n) is 21.2. The van der Waals surface area contributed by atoms with Crippen molar-refractivity contribution in [3.63, 3.8) is 0 Å². The maximum absolute atomic E-state index is 13.8. The van der Waals surface area contributed by atoms with Gasteiger partial charge < -0.3 is 15.2 Å². The summed E-state index contributed by atoms with van der Waals surface area (Å²) < 4.78 is 32.5. The second-order valence-corrected chi connectivity index (χ2v) is 9.65. The highest BCUT2D eigenvalue weighted by Gasteiger charge is 2.55. The number of ether oxygens (including phenoxy) is 1. The molecule has 1 aliphatic rings. The van der Waals surface area contributed by atoms with E-state index >= 15 is 0 Å². The molecule has 3 atom stereocenters. The fourth-order valence-electron chi connectivity index (χ4n) is 5.37. The first-order valence-corrected chi connectivity index (χ1v) is 12.6. The molecule has 1 amide bonds. The number of halogens is 2. The van der Waals surface area contributed by atoms with Crippen molar-refractivity contribution < 1.29 is 28.2 Å². The van der Waals surface area contributed by atoms with Gasteiger partial charge in [-0.2, -0.15) is 0 Å². The Balaban J connectivity index is 1.49. The smallest absolute Gasteiger partial charge is 0.227 e. The van der Waals surface area contributed by atoms with E-state index in [1.54, 1.807) is 37.4 Å². The molecule has 7 heteroatoms. The number of benzene rings is 4. The summed E-state index contributed by atoms with van der Waals surface area (Å²) in [5.74, 6) is -0.875. The average Bonchev–Trinajstić information content (AvgIpc) is 2.96. The van der Waals surface area contributed by atoms with E-state index in [9.17, 15) is 23.5 Å². The number of carbonyl (C=O) groups excluding carboxylic acids is 2. The number of carbonyl (C=O) groups is 2. The Hall–Kier alpha value is -4.36. The number of β-lactam (4-membered cyclic amide) rings is 1. The Morgan fingerprint density at radius 3 is 2.08 bits per heavy atom. The standard InChI is InChI=1S/C32H27F2NO4/c1-39-27-15-6-22(19-36)28(18-27)20-2-7-23(8-3-20)32(24-9-13-26(34)14-10-24)29(31(38)35-32)16-17-30(37)21-4-11-25(33)12-5-21/h2-15,18-19,29-30,37H,16-17H2,1H3,(H,35,38)/t29-,30-,32-/m0/s1. The number of methoxy groups -OCH3 is 1. The van der Waals surface area contributed by atoms with Crippen LogP contribution >= 0.6 is 0 Å². The van der Waals surface area contributed by atoms with Crippen molar-refractivity contribution in [2.45, 2.75) is 24.5 Å². The van der Waals surface area contributed by atoms with Crippen LogP contribution in [0.4, 0.5) is 8.78 Å². The van der Waals surface area contributed by atoms with Crippen molar-refractivity contribution in [3.05, 3.63) is 125 Å². The van der Waals surface area contributed by atoms with Crippen LogP contribution in [0.5, 0.6) is 5.75 Å². The van der Waals surface area contributed by atoms with Crippen molar-refractivity contribution in [2.24, 2.45) is 5.92 Å². The van der Waals surface area contributed by atoms with E-state index < -0.39 is 29.2 Å². The summed E-state index contributed by atoms with van der Waals surface area (Å²) in [4.78, 5) is 24.6. The van der Waals surface area contributed by atoms with Crippen LogP contribution < -0.4 is 10.1 Å². The van der Waals surface area contributed by atoms with Gasteiger partial charge in [0, 0.05) is 5.56 Å². The van der Waals surface area contributed by atoms with Crippen LogP contribution in [0.2, 0.25) is 0 Å². The second kappa shape index (κ2) is 10.8. The minimum atomic E-state index is -0.937. The zero-order valence-corrected chi connectivity index (χ0v) is 21.2. The number of hydrogen-bond acceptors (Lipinski definition) is 4. The topological polar surface area (TPSA) is 75.6 Å². The molecule has 5 rings (SSSR count). The van der Waals surface area contributed by atoms with Gasteiger partial charge in [0.05, 0.1) is 19.1 Å². The number of rotatable bonds is 9. The van der Waals surface area contributed by atoms with E-state index in [2.05, 4.69) is 5.32 Å². The predicted molar refractivity (Wildman–Crippen MR) is 143 cm³/mol. The molecule has 4 aromatic carbocycles. The molecule has 1 fully saturated rings. The van der Waals surface area contributed by atoms with Gasteiger partial charge in [-0.25, -0.2) is 8.78 Å². The largest absolute Gasteiger partial charge is 0.497 e. The second-order valence-electron chi connectivity index (χ2n) is 9.65. The minimum absolute atomic E-state index is 0.175. The molecule has 1 heterocycles. The van der Waals surface area contributed by atoms with E-state index in [0.29, 0.717) is 34.4 Å². The molecule has 0 unspecified atom stereocenters. The Morgan fingerprint density at radius 2 is 1.51 bits per heavy atom. The molecule has 1 aliphatic heterocycles. The van der Waals surface area contributed by atoms with Gasteiger partial charge in [0.1, 0.15) is 22.9 Å². The van der Waals surface area contributed by atoms with Gasteiger partial charge in [-0.3, -0.25) is 9.59 Å².